The molecule has 1 saturated heterocycles. The van der Waals surface area contributed by atoms with Gasteiger partial charge in [-0.25, -0.2) is 4.79 Å². The molecule has 1 aromatic rings. The standard InChI is InChI=1S/C14H16Cl2N2O3/c15-10-5-9(14(20)21)6-11(16)13(10)18-12(19)4-8-2-1-3-17-7-8/h5-6,8,17H,1-4,7H2,(H,18,19)(H,20,21). The van der Waals surface area contributed by atoms with Crippen LogP contribution >= 0.6 is 23.2 Å². The molecule has 1 unspecified atom stereocenters. The molecule has 5 nitrogen and oxygen atoms in total. The van der Waals surface area contributed by atoms with Crippen molar-refractivity contribution >= 4 is 40.8 Å². The van der Waals surface area contributed by atoms with Gasteiger partial charge >= 0.3 is 5.97 Å². The molecular weight excluding hydrogens is 315 g/mol. The number of hydrogen-bond acceptors (Lipinski definition) is 3. The zero-order valence-electron chi connectivity index (χ0n) is 11.3. The number of amides is 1. The molecule has 114 valence electrons. The van der Waals surface area contributed by atoms with E-state index in [-0.39, 0.29) is 27.2 Å². The second kappa shape index (κ2) is 7.11. The number of rotatable bonds is 4. The van der Waals surface area contributed by atoms with Crippen LogP contribution in [0.25, 0.3) is 0 Å². The highest BCUT2D eigenvalue weighted by Crippen LogP contribution is 2.32. The molecule has 1 atom stereocenters. The van der Waals surface area contributed by atoms with E-state index in [9.17, 15) is 9.59 Å². The van der Waals surface area contributed by atoms with Crippen LogP contribution in [0.1, 0.15) is 29.6 Å². The van der Waals surface area contributed by atoms with Crippen molar-refractivity contribution in [1.82, 2.24) is 5.32 Å². The lowest BCUT2D eigenvalue weighted by molar-refractivity contribution is -0.117. The van der Waals surface area contributed by atoms with Gasteiger partial charge in [0.05, 0.1) is 21.3 Å². The lowest BCUT2D eigenvalue weighted by Gasteiger charge is -2.22. The van der Waals surface area contributed by atoms with Crippen molar-refractivity contribution in [2.45, 2.75) is 19.3 Å². The molecule has 21 heavy (non-hydrogen) atoms. The lowest BCUT2D eigenvalue weighted by atomic mass is 9.96. The molecule has 3 N–H and O–H groups in total. The summed E-state index contributed by atoms with van der Waals surface area (Å²) in [5.74, 6) is -0.991. The van der Waals surface area contributed by atoms with Gasteiger partial charge in [0.25, 0.3) is 0 Å². The molecule has 7 heteroatoms. The van der Waals surface area contributed by atoms with Gasteiger partial charge in [0.1, 0.15) is 0 Å². The minimum atomic E-state index is -1.12. The summed E-state index contributed by atoms with van der Waals surface area (Å²) in [5, 5.41) is 15.1. The van der Waals surface area contributed by atoms with Crippen molar-refractivity contribution in [2.75, 3.05) is 18.4 Å². The molecule has 0 aliphatic carbocycles. The van der Waals surface area contributed by atoms with Crippen LogP contribution in [0.15, 0.2) is 12.1 Å². The molecule has 0 bridgehead atoms. The van der Waals surface area contributed by atoms with Crippen molar-refractivity contribution < 1.29 is 14.7 Å². The molecule has 1 amide bonds. The number of carbonyl (C=O) groups is 2. The molecular formula is C14H16Cl2N2O3. The summed E-state index contributed by atoms with van der Waals surface area (Å²) in [7, 11) is 0. The minimum absolute atomic E-state index is 0.0144. The monoisotopic (exact) mass is 330 g/mol. The third kappa shape index (κ3) is 4.33. The maximum Gasteiger partial charge on any atom is 0.335 e. The smallest absolute Gasteiger partial charge is 0.335 e. The molecule has 2 rings (SSSR count). The summed E-state index contributed by atoms with van der Waals surface area (Å²) in [6.45, 7) is 1.82. The summed E-state index contributed by atoms with van der Waals surface area (Å²) in [6, 6.07) is 2.54. The van der Waals surface area contributed by atoms with Crippen molar-refractivity contribution in [1.29, 1.82) is 0 Å². The highest BCUT2D eigenvalue weighted by atomic mass is 35.5. The third-order valence-electron chi connectivity index (χ3n) is 3.43. The van der Waals surface area contributed by atoms with E-state index in [1.165, 1.54) is 12.1 Å². The first-order chi connectivity index (χ1) is 9.97. The van der Waals surface area contributed by atoms with Crippen LogP contribution < -0.4 is 10.6 Å². The number of hydrogen-bond donors (Lipinski definition) is 3. The topological polar surface area (TPSA) is 78.4 Å². The first kappa shape index (κ1) is 16.1. The van der Waals surface area contributed by atoms with Gasteiger partial charge in [0, 0.05) is 6.42 Å². The average Bonchev–Trinajstić information content (AvgIpc) is 2.43. The number of carboxylic acid groups (broad SMARTS) is 1. The Morgan fingerprint density at radius 2 is 2.00 bits per heavy atom. The number of halogens is 2. The Morgan fingerprint density at radius 1 is 1.33 bits per heavy atom. The largest absolute Gasteiger partial charge is 0.478 e. The van der Waals surface area contributed by atoms with Crippen LogP contribution in [0.2, 0.25) is 10.0 Å². The number of piperidine rings is 1. The summed E-state index contributed by atoms with van der Waals surface area (Å²) < 4.78 is 0. The highest BCUT2D eigenvalue weighted by Gasteiger charge is 2.19. The number of carbonyl (C=O) groups excluding carboxylic acids is 1. The Balaban J connectivity index is 2.04. The number of anilines is 1. The van der Waals surface area contributed by atoms with Crippen molar-refractivity contribution in [3.05, 3.63) is 27.7 Å². The normalized spacial score (nSPS) is 18.3. The van der Waals surface area contributed by atoms with E-state index >= 15 is 0 Å². The van der Waals surface area contributed by atoms with E-state index in [1.807, 2.05) is 0 Å². The molecule has 1 aromatic carbocycles. The van der Waals surface area contributed by atoms with E-state index in [4.69, 9.17) is 28.3 Å². The Bertz CT molecular complexity index is 534. The SMILES string of the molecule is O=C(CC1CCCNC1)Nc1c(Cl)cc(C(=O)O)cc1Cl. The van der Waals surface area contributed by atoms with Gasteiger partial charge in [-0.1, -0.05) is 23.2 Å². The highest BCUT2D eigenvalue weighted by molar-refractivity contribution is 6.40. The van der Waals surface area contributed by atoms with Crippen molar-refractivity contribution in [3.63, 3.8) is 0 Å². The average molecular weight is 331 g/mol. The number of carboxylic acids is 1. The first-order valence-electron chi connectivity index (χ1n) is 6.70. The zero-order chi connectivity index (χ0) is 15.4. The Kier molecular flexibility index (Phi) is 5.45. The summed E-state index contributed by atoms with van der Waals surface area (Å²) in [4.78, 5) is 22.9. The van der Waals surface area contributed by atoms with Crippen molar-refractivity contribution in [3.8, 4) is 0 Å². The van der Waals surface area contributed by atoms with Gasteiger partial charge in [0.2, 0.25) is 5.91 Å². The fourth-order valence-corrected chi connectivity index (χ4v) is 2.95. The first-order valence-corrected chi connectivity index (χ1v) is 7.46. The number of nitrogens with one attached hydrogen (secondary N) is 2. The van der Waals surface area contributed by atoms with E-state index in [2.05, 4.69) is 10.6 Å². The summed E-state index contributed by atoms with van der Waals surface area (Å²) in [6.07, 6.45) is 2.47. The molecule has 0 aromatic heterocycles. The third-order valence-corrected chi connectivity index (χ3v) is 4.02. The zero-order valence-corrected chi connectivity index (χ0v) is 12.8. The van der Waals surface area contributed by atoms with Gasteiger partial charge in [0.15, 0.2) is 0 Å². The Hall–Kier alpha value is -1.30. The van der Waals surface area contributed by atoms with E-state index in [0.29, 0.717) is 12.3 Å². The van der Waals surface area contributed by atoms with Crippen LogP contribution in [-0.2, 0) is 4.79 Å². The van der Waals surface area contributed by atoms with Crippen LogP contribution in [0.3, 0.4) is 0 Å². The second-order valence-electron chi connectivity index (χ2n) is 5.08. The van der Waals surface area contributed by atoms with E-state index < -0.39 is 5.97 Å². The molecule has 1 aliphatic rings. The number of aromatic carboxylic acids is 1. The maximum atomic E-state index is 12.0. The van der Waals surface area contributed by atoms with E-state index in [1.54, 1.807) is 0 Å². The summed E-state index contributed by atoms with van der Waals surface area (Å²) in [5.41, 5.74) is 0.247. The predicted octanol–water partition coefficient (Wildman–Crippen LogP) is 3.02. The Morgan fingerprint density at radius 3 is 2.52 bits per heavy atom. The van der Waals surface area contributed by atoms with Crippen LogP contribution in [0, 0.1) is 5.92 Å². The predicted molar refractivity (Wildman–Crippen MR) is 82.3 cm³/mol. The molecule has 1 fully saturated rings. The van der Waals surface area contributed by atoms with Gasteiger partial charge in [-0.05, 0) is 44.0 Å². The fourth-order valence-electron chi connectivity index (χ4n) is 2.37. The lowest BCUT2D eigenvalue weighted by Crippen LogP contribution is -2.32. The van der Waals surface area contributed by atoms with Gasteiger partial charge < -0.3 is 15.7 Å². The molecule has 0 spiro atoms. The van der Waals surface area contributed by atoms with E-state index in [0.717, 1.165) is 25.9 Å². The van der Waals surface area contributed by atoms with Crippen LogP contribution in [0.4, 0.5) is 5.69 Å². The van der Waals surface area contributed by atoms with Gasteiger partial charge in [-0.3, -0.25) is 4.79 Å². The number of benzene rings is 1. The Labute approximate surface area is 132 Å². The maximum absolute atomic E-state index is 12.0. The molecule has 0 saturated carbocycles. The minimum Gasteiger partial charge on any atom is -0.478 e. The van der Waals surface area contributed by atoms with Gasteiger partial charge in [-0.2, -0.15) is 0 Å². The molecule has 0 radical (unpaired) electrons. The van der Waals surface area contributed by atoms with Crippen LogP contribution in [0.5, 0.6) is 0 Å². The fraction of sp³-hybridized carbons (Fsp3) is 0.429. The van der Waals surface area contributed by atoms with Gasteiger partial charge in [-0.15, -0.1) is 0 Å². The van der Waals surface area contributed by atoms with Crippen LogP contribution in [-0.4, -0.2) is 30.1 Å². The quantitative estimate of drug-likeness (QED) is 0.792. The molecule has 1 heterocycles. The van der Waals surface area contributed by atoms with Crippen molar-refractivity contribution in [2.24, 2.45) is 5.92 Å². The molecule has 1 aliphatic heterocycles. The second-order valence-corrected chi connectivity index (χ2v) is 5.90. The summed E-state index contributed by atoms with van der Waals surface area (Å²) >= 11 is 12.0.